The van der Waals surface area contributed by atoms with Gasteiger partial charge in [0.2, 0.25) is 0 Å². The predicted molar refractivity (Wildman–Crippen MR) is 96.1 cm³/mol. The van der Waals surface area contributed by atoms with Gasteiger partial charge in [0.25, 0.3) is 0 Å². The zero-order valence-corrected chi connectivity index (χ0v) is 15.4. The van der Waals surface area contributed by atoms with Gasteiger partial charge in [-0.25, -0.2) is 0 Å². The Kier molecular flexibility index (Phi) is 5.52. The third-order valence-electron chi connectivity index (χ3n) is 5.46. The van der Waals surface area contributed by atoms with Crippen molar-refractivity contribution in [2.24, 2.45) is 5.92 Å². The van der Waals surface area contributed by atoms with E-state index in [0.717, 1.165) is 30.6 Å². The van der Waals surface area contributed by atoms with E-state index in [1.165, 1.54) is 12.8 Å². The van der Waals surface area contributed by atoms with Gasteiger partial charge in [-0.15, -0.1) is 0 Å². The number of methoxy groups -OCH3 is 1. The summed E-state index contributed by atoms with van der Waals surface area (Å²) in [5, 5.41) is 9.67. The van der Waals surface area contributed by atoms with Crippen molar-refractivity contribution in [1.82, 2.24) is 4.90 Å². The largest absolute Gasteiger partial charge is 0.493 e. The highest BCUT2D eigenvalue weighted by Gasteiger charge is 2.44. The monoisotopic (exact) mass is 347 g/mol. The van der Waals surface area contributed by atoms with E-state index in [4.69, 9.17) is 9.47 Å². The number of hydrogen-bond donors (Lipinski definition) is 1. The summed E-state index contributed by atoms with van der Waals surface area (Å²) < 4.78 is 11.2. The average Bonchev–Trinajstić information content (AvgIpc) is 2.95. The normalized spacial score (nSPS) is 26.5. The molecular formula is C20H29NO4. The maximum atomic E-state index is 11.8. The first-order valence-corrected chi connectivity index (χ1v) is 9.31. The van der Waals surface area contributed by atoms with E-state index in [1.54, 1.807) is 7.11 Å². The zero-order chi connectivity index (χ0) is 18.0. The van der Waals surface area contributed by atoms with Gasteiger partial charge in [0.05, 0.1) is 13.2 Å². The molecule has 1 aromatic rings. The van der Waals surface area contributed by atoms with Crippen molar-refractivity contribution in [3.63, 3.8) is 0 Å². The van der Waals surface area contributed by atoms with Gasteiger partial charge in [-0.3, -0.25) is 9.69 Å². The molecule has 2 aliphatic rings. The minimum absolute atomic E-state index is 0.0812. The fraction of sp³-hybridized carbons (Fsp3) is 0.650. The molecule has 1 aromatic carbocycles. The Hall–Kier alpha value is -1.75. The topological polar surface area (TPSA) is 59.0 Å². The molecule has 2 fully saturated rings. The second kappa shape index (κ2) is 7.65. The van der Waals surface area contributed by atoms with Gasteiger partial charge in [-0.05, 0) is 56.7 Å². The number of benzene rings is 1. The predicted octanol–water partition coefficient (Wildman–Crippen LogP) is 3.70. The van der Waals surface area contributed by atoms with E-state index in [-0.39, 0.29) is 12.1 Å². The molecule has 0 radical (unpaired) electrons. The Labute approximate surface area is 149 Å². The van der Waals surface area contributed by atoms with Crippen LogP contribution in [-0.4, -0.2) is 41.3 Å². The summed E-state index contributed by atoms with van der Waals surface area (Å²) in [6.45, 7) is 4.62. The van der Waals surface area contributed by atoms with Crippen molar-refractivity contribution < 1.29 is 19.4 Å². The summed E-state index contributed by atoms with van der Waals surface area (Å²) in [4.78, 5) is 14.0. The fourth-order valence-corrected chi connectivity index (χ4v) is 4.40. The molecule has 3 unspecified atom stereocenters. The number of likely N-dealkylation sites (tertiary alicyclic amines) is 1. The number of nitrogens with zero attached hydrogens (tertiary/aromatic N) is 1. The highest BCUT2D eigenvalue weighted by Crippen LogP contribution is 2.41. The molecule has 5 heteroatoms. The first-order valence-electron chi connectivity index (χ1n) is 9.31. The van der Waals surface area contributed by atoms with Gasteiger partial charge in [0.15, 0.2) is 11.5 Å². The Morgan fingerprint density at radius 2 is 2.04 bits per heavy atom. The molecule has 1 heterocycles. The van der Waals surface area contributed by atoms with E-state index in [9.17, 15) is 9.90 Å². The standard InChI is InChI=1S/C20H29NO4/c1-13(2)25-18-9-8-14(10-19(18)24-3)12-21-16-7-5-4-6-15(16)11-17(21)20(22)23/h8-10,13,15-17H,4-7,11-12H2,1-3H3,(H,22,23). The molecule has 25 heavy (non-hydrogen) atoms. The van der Waals surface area contributed by atoms with Crippen molar-refractivity contribution >= 4 is 5.97 Å². The molecule has 138 valence electrons. The van der Waals surface area contributed by atoms with Crippen LogP contribution in [0.2, 0.25) is 0 Å². The van der Waals surface area contributed by atoms with Crippen LogP contribution in [0.1, 0.15) is 51.5 Å². The van der Waals surface area contributed by atoms with Crippen LogP contribution in [0.25, 0.3) is 0 Å². The van der Waals surface area contributed by atoms with Crippen LogP contribution in [0, 0.1) is 5.92 Å². The molecule has 3 rings (SSSR count). The van der Waals surface area contributed by atoms with Crippen LogP contribution in [0.5, 0.6) is 11.5 Å². The molecule has 1 saturated carbocycles. The number of fused-ring (bicyclic) bond motifs is 1. The molecule has 1 aliphatic carbocycles. The lowest BCUT2D eigenvalue weighted by Crippen LogP contribution is -2.41. The minimum Gasteiger partial charge on any atom is -0.493 e. The Morgan fingerprint density at radius 1 is 1.28 bits per heavy atom. The first-order chi connectivity index (χ1) is 12.0. The Bertz CT molecular complexity index is 616. The molecule has 0 aromatic heterocycles. The van der Waals surface area contributed by atoms with Gasteiger partial charge < -0.3 is 14.6 Å². The van der Waals surface area contributed by atoms with Crippen LogP contribution in [0.4, 0.5) is 0 Å². The van der Waals surface area contributed by atoms with E-state index in [2.05, 4.69) is 4.90 Å². The molecule has 0 spiro atoms. The quantitative estimate of drug-likeness (QED) is 0.850. The Balaban J connectivity index is 1.80. The second-order valence-electron chi connectivity index (χ2n) is 7.53. The van der Waals surface area contributed by atoms with Crippen molar-refractivity contribution in [1.29, 1.82) is 0 Å². The minimum atomic E-state index is -0.693. The highest BCUT2D eigenvalue weighted by atomic mass is 16.5. The number of aliphatic carboxylic acids is 1. The molecule has 3 atom stereocenters. The molecule has 0 bridgehead atoms. The van der Waals surface area contributed by atoms with E-state index >= 15 is 0 Å². The van der Waals surface area contributed by atoms with Gasteiger partial charge >= 0.3 is 5.97 Å². The van der Waals surface area contributed by atoms with Crippen molar-refractivity contribution in [3.05, 3.63) is 23.8 Å². The smallest absolute Gasteiger partial charge is 0.320 e. The zero-order valence-electron chi connectivity index (χ0n) is 15.4. The van der Waals surface area contributed by atoms with Gasteiger partial charge in [-0.1, -0.05) is 18.9 Å². The van der Waals surface area contributed by atoms with E-state index < -0.39 is 5.97 Å². The average molecular weight is 347 g/mol. The molecule has 1 saturated heterocycles. The summed E-state index contributed by atoms with van der Waals surface area (Å²) >= 11 is 0. The molecular weight excluding hydrogens is 318 g/mol. The van der Waals surface area contributed by atoms with Crippen LogP contribution < -0.4 is 9.47 Å². The number of carboxylic acids is 1. The SMILES string of the molecule is COc1cc(CN2C(C(=O)O)CC3CCCCC32)ccc1OC(C)C. The van der Waals surface area contributed by atoms with Crippen LogP contribution in [-0.2, 0) is 11.3 Å². The lowest BCUT2D eigenvalue weighted by Gasteiger charge is -2.33. The second-order valence-corrected chi connectivity index (χ2v) is 7.53. The highest BCUT2D eigenvalue weighted by molar-refractivity contribution is 5.74. The lowest BCUT2D eigenvalue weighted by atomic mass is 9.84. The van der Waals surface area contributed by atoms with Crippen LogP contribution >= 0.6 is 0 Å². The number of rotatable bonds is 6. The van der Waals surface area contributed by atoms with E-state index in [0.29, 0.717) is 24.3 Å². The number of hydrogen-bond acceptors (Lipinski definition) is 4. The van der Waals surface area contributed by atoms with Gasteiger partial charge in [0, 0.05) is 12.6 Å². The van der Waals surface area contributed by atoms with Crippen molar-refractivity contribution in [2.75, 3.05) is 7.11 Å². The van der Waals surface area contributed by atoms with Crippen molar-refractivity contribution in [3.8, 4) is 11.5 Å². The molecule has 1 aliphatic heterocycles. The van der Waals surface area contributed by atoms with Crippen LogP contribution in [0.3, 0.4) is 0 Å². The number of carbonyl (C=O) groups is 1. The third-order valence-corrected chi connectivity index (χ3v) is 5.46. The third kappa shape index (κ3) is 3.92. The molecule has 5 nitrogen and oxygen atoms in total. The molecule has 0 amide bonds. The summed E-state index contributed by atoms with van der Waals surface area (Å²) in [6, 6.07) is 5.96. The number of ether oxygens (including phenoxy) is 2. The van der Waals surface area contributed by atoms with E-state index in [1.807, 2.05) is 32.0 Å². The molecule has 1 N–H and O–H groups in total. The number of carboxylic acid groups (broad SMARTS) is 1. The summed E-state index contributed by atoms with van der Waals surface area (Å²) in [6.07, 6.45) is 5.57. The first kappa shape index (κ1) is 18.1. The van der Waals surface area contributed by atoms with Gasteiger partial charge in [0.1, 0.15) is 6.04 Å². The van der Waals surface area contributed by atoms with Crippen LogP contribution in [0.15, 0.2) is 18.2 Å². The summed E-state index contributed by atoms with van der Waals surface area (Å²) in [5.74, 6) is 1.27. The van der Waals surface area contributed by atoms with Crippen molar-refractivity contribution in [2.45, 2.75) is 70.7 Å². The summed E-state index contributed by atoms with van der Waals surface area (Å²) in [7, 11) is 1.64. The Morgan fingerprint density at radius 3 is 2.72 bits per heavy atom. The maximum absolute atomic E-state index is 11.8. The maximum Gasteiger partial charge on any atom is 0.320 e. The fourth-order valence-electron chi connectivity index (χ4n) is 4.40. The van der Waals surface area contributed by atoms with Gasteiger partial charge in [-0.2, -0.15) is 0 Å². The lowest BCUT2D eigenvalue weighted by molar-refractivity contribution is -0.142. The summed E-state index contributed by atoms with van der Waals surface area (Å²) in [5.41, 5.74) is 1.07.